The minimum Gasteiger partial charge on any atom is -0.493 e. The molecule has 0 saturated carbocycles. The van der Waals surface area contributed by atoms with Crippen LogP contribution in [0.25, 0.3) is 0 Å². The topological polar surface area (TPSA) is 15.7 Å². The first-order valence-corrected chi connectivity index (χ1v) is 10.6. The predicted octanol–water partition coefficient (Wildman–Crippen LogP) is 5.78. The molecule has 0 radical (unpaired) electrons. The van der Waals surface area contributed by atoms with Crippen LogP contribution in [0.5, 0.6) is 5.75 Å². The maximum atomic E-state index is 5.85. The Bertz CT molecular complexity index is 878. The largest absolute Gasteiger partial charge is 0.493 e. The maximum Gasteiger partial charge on any atom is 0.119 e. The summed E-state index contributed by atoms with van der Waals surface area (Å²) in [6.45, 7) is 8.25. The average Bonchev–Trinajstić information content (AvgIpc) is 2.77. The molecule has 1 heterocycles. The highest BCUT2D eigenvalue weighted by Gasteiger charge is 2.17. The van der Waals surface area contributed by atoms with Gasteiger partial charge in [-0.15, -0.1) is 24.8 Å². The molecule has 0 unspecified atom stereocenters. The molecular formula is C26H32Cl2N2O. The van der Waals surface area contributed by atoms with Crippen molar-refractivity contribution in [2.45, 2.75) is 19.9 Å². The minimum atomic E-state index is 0. The second kappa shape index (κ2) is 12.6. The van der Waals surface area contributed by atoms with Gasteiger partial charge in [-0.25, -0.2) is 0 Å². The molecule has 3 aromatic carbocycles. The lowest BCUT2D eigenvalue weighted by Crippen LogP contribution is -2.45. The molecule has 0 spiro atoms. The number of benzene rings is 3. The Morgan fingerprint density at radius 3 is 1.97 bits per heavy atom. The van der Waals surface area contributed by atoms with E-state index < -0.39 is 0 Å². The summed E-state index contributed by atoms with van der Waals surface area (Å²) in [6, 6.07) is 28.0. The van der Waals surface area contributed by atoms with E-state index in [-0.39, 0.29) is 24.8 Å². The van der Waals surface area contributed by atoms with Gasteiger partial charge in [-0.05, 0) is 42.3 Å². The van der Waals surface area contributed by atoms with Gasteiger partial charge in [-0.1, -0.05) is 60.2 Å². The Morgan fingerprint density at radius 2 is 1.32 bits per heavy atom. The summed E-state index contributed by atoms with van der Waals surface area (Å²) in [7, 11) is 0. The van der Waals surface area contributed by atoms with E-state index in [0.717, 1.165) is 44.9 Å². The fourth-order valence-corrected chi connectivity index (χ4v) is 3.79. The number of hydrogen-bond donors (Lipinski definition) is 0. The van der Waals surface area contributed by atoms with Crippen molar-refractivity contribution in [3.8, 4) is 5.75 Å². The van der Waals surface area contributed by atoms with E-state index in [2.05, 4.69) is 83.5 Å². The number of aryl methyl sites for hydroxylation is 1. The van der Waals surface area contributed by atoms with Crippen LogP contribution in [0, 0.1) is 6.92 Å². The van der Waals surface area contributed by atoms with Gasteiger partial charge in [0.15, 0.2) is 0 Å². The number of para-hydroxylation sites is 1. The van der Waals surface area contributed by atoms with E-state index in [4.69, 9.17) is 4.74 Å². The highest BCUT2D eigenvalue weighted by molar-refractivity contribution is 5.85. The molecule has 166 valence electrons. The molecule has 0 aliphatic carbocycles. The lowest BCUT2D eigenvalue weighted by Gasteiger charge is -2.36. The molecule has 0 amide bonds. The van der Waals surface area contributed by atoms with Crippen LogP contribution in [0.3, 0.4) is 0 Å². The lowest BCUT2D eigenvalue weighted by atomic mass is 10.1. The summed E-state index contributed by atoms with van der Waals surface area (Å²) in [4.78, 5) is 5.03. The van der Waals surface area contributed by atoms with Gasteiger partial charge in [-0.2, -0.15) is 0 Å². The molecule has 3 nitrogen and oxygen atoms in total. The maximum absolute atomic E-state index is 5.85. The standard InChI is InChI=1S/C26H30N2O.2ClH/c1-22-7-13-26(14-8-22)29-20-15-23-9-11-24(12-10-23)21-27-16-18-28(19-17-27)25-5-3-2-4-6-25;;/h2-14H,15-21H2,1H3;2*1H. The highest BCUT2D eigenvalue weighted by Crippen LogP contribution is 2.17. The molecule has 3 aromatic rings. The number of rotatable bonds is 7. The molecule has 0 aromatic heterocycles. The average molecular weight is 459 g/mol. The summed E-state index contributed by atoms with van der Waals surface area (Å²) in [6.07, 6.45) is 0.934. The summed E-state index contributed by atoms with van der Waals surface area (Å²) in [5.74, 6) is 0.946. The van der Waals surface area contributed by atoms with E-state index in [1.807, 2.05) is 12.1 Å². The van der Waals surface area contributed by atoms with Crippen molar-refractivity contribution in [2.24, 2.45) is 0 Å². The van der Waals surface area contributed by atoms with Gasteiger partial charge >= 0.3 is 0 Å². The van der Waals surface area contributed by atoms with Crippen LogP contribution in [0.4, 0.5) is 5.69 Å². The van der Waals surface area contributed by atoms with Gasteiger partial charge in [0, 0.05) is 44.8 Å². The summed E-state index contributed by atoms with van der Waals surface area (Å²) in [5.41, 5.74) is 5.31. The van der Waals surface area contributed by atoms with E-state index in [0.29, 0.717) is 6.61 Å². The fourth-order valence-electron chi connectivity index (χ4n) is 3.79. The van der Waals surface area contributed by atoms with E-state index >= 15 is 0 Å². The van der Waals surface area contributed by atoms with Gasteiger partial charge in [0.1, 0.15) is 5.75 Å². The van der Waals surface area contributed by atoms with Crippen LogP contribution in [0.1, 0.15) is 16.7 Å². The van der Waals surface area contributed by atoms with Crippen LogP contribution < -0.4 is 9.64 Å². The molecule has 5 heteroatoms. The van der Waals surface area contributed by atoms with Crippen molar-refractivity contribution in [2.75, 3.05) is 37.7 Å². The van der Waals surface area contributed by atoms with Crippen LogP contribution >= 0.6 is 24.8 Å². The van der Waals surface area contributed by atoms with Gasteiger partial charge in [0.05, 0.1) is 6.61 Å². The zero-order chi connectivity index (χ0) is 19.9. The molecule has 0 bridgehead atoms. The normalized spacial score (nSPS) is 13.8. The van der Waals surface area contributed by atoms with Crippen molar-refractivity contribution in [3.05, 3.63) is 95.6 Å². The third-order valence-corrected chi connectivity index (χ3v) is 5.60. The van der Waals surface area contributed by atoms with Crippen molar-refractivity contribution in [1.29, 1.82) is 0 Å². The molecule has 1 fully saturated rings. The molecule has 1 aliphatic heterocycles. The van der Waals surface area contributed by atoms with Crippen molar-refractivity contribution >= 4 is 30.5 Å². The molecular weight excluding hydrogens is 427 g/mol. The lowest BCUT2D eigenvalue weighted by molar-refractivity contribution is 0.250. The van der Waals surface area contributed by atoms with Crippen molar-refractivity contribution in [3.63, 3.8) is 0 Å². The Labute approximate surface area is 198 Å². The van der Waals surface area contributed by atoms with Gasteiger partial charge < -0.3 is 9.64 Å². The number of nitrogens with zero attached hydrogens (tertiary/aromatic N) is 2. The second-order valence-electron chi connectivity index (χ2n) is 7.83. The molecule has 31 heavy (non-hydrogen) atoms. The monoisotopic (exact) mass is 458 g/mol. The van der Waals surface area contributed by atoms with Crippen molar-refractivity contribution in [1.82, 2.24) is 4.90 Å². The SMILES string of the molecule is Cc1ccc(OCCc2ccc(CN3CCN(c4ccccc4)CC3)cc2)cc1.Cl.Cl. The number of halogens is 2. The van der Waals surface area contributed by atoms with E-state index in [1.54, 1.807) is 0 Å². The molecule has 0 N–H and O–H groups in total. The quantitative estimate of drug-likeness (QED) is 0.445. The van der Waals surface area contributed by atoms with Gasteiger partial charge in [0.25, 0.3) is 0 Å². The van der Waals surface area contributed by atoms with Crippen LogP contribution in [0.2, 0.25) is 0 Å². The number of hydrogen-bond acceptors (Lipinski definition) is 3. The van der Waals surface area contributed by atoms with E-state index in [9.17, 15) is 0 Å². The van der Waals surface area contributed by atoms with E-state index in [1.165, 1.54) is 22.4 Å². The molecule has 0 atom stereocenters. The first-order valence-electron chi connectivity index (χ1n) is 10.6. The zero-order valence-electron chi connectivity index (χ0n) is 18.1. The van der Waals surface area contributed by atoms with Crippen LogP contribution in [-0.4, -0.2) is 37.7 Å². The molecule has 4 rings (SSSR count). The second-order valence-corrected chi connectivity index (χ2v) is 7.83. The number of ether oxygens (including phenoxy) is 1. The Kier molecular flexibility index (Phi) is 10.2. The third kappa shape index (κ3) is 7.46. The summed E-state index contributed by atoms with van der Waals surface area (Å²) >= 11 is 0. The van der Waals surface area contributed by atoms with Crippen LogP contribution in [0.15, 0.2) is 78.9 Å². The molecule has 1 saturated heterocycles. The first kappa shape index (κ1) is 25.1. The van der Waals surface area contributed by atoms with Gasteiger partial charge in [0.2, 0.25) is 0 Å². The Hall–Kier alpha value is -2.20. The van der Waals surface area contributed by atoms with Crippen LogP contribution in [-0.2, 0) is 13.0 Å². The molecule has 1 aliphatic rings. The smallest absolute Gasteiger partial charge is 0.119 e. The Balaban J connectivity index is 0.00000171. The number of piperazine rings is 1. The van der Waals surface area contributed by atoms with Gasteiger partial charge in [-0.3, -0.25) is 4.90 Å². The first-order chi connectivity index (χ1) is 14.3. The number of anilines is 1. The summed E-state index contributed by atoms with van der Waals surface area (Å²) < 4.78 is 5.85. The highest BCUT2D eigenvalue weighted by atomic mass is 35.5. The fraction of sp³-hybridized carbons (Fsp3) is 0.308. The van der Waals surface area contributed by atoms with Crippen molar-refractivity contribution < 1.29 is 4.74 Å². The predicted molar refractivity (Wildman–Crippen MR) is 135 cm³/mol. The Morgan fingerprint density at radius 1 is 0.710 bits per heavy atom. The zero-order valence-corrected chi connectivity index (χ0v) is 19.7. The summed E-state index contributed by atoms with van der Waals surface area (Å²) in [5, 5.41) is 0. The minimum absolute atomic E-state index is 0. The third-order valence-electron chi connectivity index (χ3n) is 5.60.